The molecule has 7 fully saturated rings. The number of rotatable bonds is 12. The van der Waals surface area contributed by atoms with E-state index in [2.05, 4.69) is 22.0 Å². The predicted octanol–water partition coefficient (Wildman–Crippen LogP) is 6.23. The first kappa shape index (κ1) is 38.5. The van der Waals surface area contributed by atoms with Crippen molar-refractivity contribution in [1.82, 2.24) is 20.0 Å². The summed E-state index contributed by atoms with van der Waals surface area (Å²) in [6.45, 7) is 9.77. The van der Waals surface area contributed by atoms with Crippen molar-refractivity contribution in [3.63, 3.8) is 0 Å². The SMILES string of the molecule is CC/C(=C(\C1CCC(O)CC1)C1CCC(N2CCN(CCCCOC3CCC4C(=O)N(C5CCC(=O)NC5=O)CC4C3)CC2)CC1)C1CCCCC1. The number of aliphatic hydroxyl groups excluding tert-OH is 1. The van der Waals surface area contributed by atoms with E-state index in [1.54, 1.807) is 4.90 Å². The quantitative estimate of drug-likeness (QED) is 0.140. The summed E-state index contributed by atoms with van der Waals surface area (Å²) in [5.41, 5.74) is 3.76. The van der Waals surface area contributed by atoms with Crippen molar-refractivity contribution in [1.29, 1.82) is 0 Å². The molecule has 4 saturated carbocycles. The van der Waals surface area contributed by atoms with Gasteiger partial charge in [-0.2, -0.15) is 0 Å². The summed E-state index contributed by atoms with van der Waals surface area (Å²) in [7, 11) is 0. The third-order valence-corrected chi connectivity index (χ3v) is 14.8. The van der Waals surface area contributed by atoms with E-state index in [1.807, 2.05) is 11.1 Å². The van der Waals surface area contributed by atoms with Gasteiger partial charge in [0.25, 0.3) is 0 Å². The second-order valence-corrected chi connectivity index (χ2v) is 17.9. The van der Waals surface area contributed by atoms with Crippen LogP contribution in [0.25, 0.3) is 0 Å². The third-order valence-electron chi connectivity index (χ3n) is 14.8. The molecule has 2 N–H and O–H groups in total. The van der Waals surface area contributed by atoms with Gasteiger partial charge in [-0.1, -0.05) is 37.3 Å². The van der Waals surface area contributed by atoms with Gasteiger partial charge in [0.15, 0.2) is 0 Å². The normalized spacial score (nSPS) is 36.4. The van der Waals surface area contributed by atoms with Gasteiger partial charge in [-0.25, -0.2) is 0 Å². The van der Waals surface area contributed by atoms with E-state index in [-0.39, 0.29) is 41.8 Å². The van der Waals surface area contributed by atoms with Gasteiger partial charge >= 0.3 is 0 Å². The zero-order chi connectivity index (χ0) is 36.0. The molecule has 4 atom stereocenters. The van der Waals surface area contributed by atoms with Gasteiger partial charge in [-0.15, -0.1) is 0 Å². The number of ether oxygens (including phenoxy) is 1. The molecule has 7 rings (SSSR count). The number of hydrogen-bond donors (Lipinski definition) is 2. The lowest BCUT2D eigenvalue weighted by atomic mass is 9.67. The minimum Gasteiger partial charge on any atom is -0.393 e. The van der Waals surface area contributed by atoms with Crippen LogP contribution in [0.15, 0.2) is 11.1 Å². The average molecular weight is 723 g/mol. The van der Waals surface area contributed by atoms with Crippen LogP contribution in [-0.4, -0.2) is 108 Å². The van der Waals surface area contributed by atoms with Gasteiger partial charge in [-0.3, -0.25) is 24.6 Å². The van der Waals surface area contributed by atoms with Gasteiger partial charge in [0, 0.05) is 57.7 Å². The number of aliphatic hydroxyl groups is 1. The van der Waals surface area contributed by atoms with Crippen molar-refractivity contribution in [2.75, 3.05) is 45.9 Å². The molecule has 0 aromatic rings. The van der Waals surface area contributed by atoms with E-state index in [0.29, 0.717) is 19.4 Å². The van der Waals surface area contributed by atoms with Crippen LogP contribution in [0.1, 0.15) is 142 Å². The predicted molar refractivity (Wildman–Crippen MR) is 203 cm³/mol. The monoisotopic (exact) mass is 723 g/mol. The lowest BCUT2D eigenvalue weighted by Crippen LogP contribution is -2.53. The summed E-state index contributed by atoms with van der Waals surface area (Å²) in [6, 6.07) is 0.262. The van der Waals surface area contributed by atoms with Crippen molar-refractivity contribution in [2.45, 2.75) is 166 Å². The molecule has 0 aromatic heterocycles. The number of piperazine rings is 1. The number of imide groups is 1. The summed E-state index contributed by atoms with van der Waals surface area (Å²) in [5, 5.41) is 12.7. The zero-order valence-corrected chi connectivity index (χ0v) is 32.4. The van der Waals surface area contributed by atoms with Crippen LogP contribution < -0.4 is 5.32 Å². The van der Waals surface area contributed by atoms with Crippen LogP contribution in [0.4, 0.5) is 0 Å². The second kappa shape index (κ2) is 18.2. The number of piperidine rings is 1. The van der Waals surface area contributed by atoms with Crippen LogP contribution in [0, 0.1) is 29.6 Å². The minimum atomic E-state index is -0.490. The molecule has 4 aliphatic carbocycles. The Morgan fingerprint density at radius 1 is 0.788 bits per heavy atom. The maximum absolute atomic E-state index is 13.1. The Balaban J connectivity index is 0.798. The maximum Gasteiger partial charge on any atom is 0.249 e. The lowest BCUT2D eigenvalue weighted by molar-refractivity contribution is -0.145. The molecule has 3 aliphatic heterocycles. The number of nitrogens with zero attached hydrogens (tertiary/aromatic N) is 3. The molecular formula is C43H70N4O5. The fourth-order valence-corrected chi connectivity index (χ4v) is 11.9. The molecule has 3 heterocycles. The summed E-state index contributed by atoms with van der Waals surface area (Å²) in [5.74, 6) is 2.15. The van der Waals surface area contributed by atoms with E-state index >= 15 is 0 Å². The second-order valence-electron chi connectivity index (χ2n) is 17.9. The lowest BCUT2D eigenvalue weighted by Gasteiger charge is -2.44. The Bertz CT molecular complexity index is 1240. The fourth-order valence-electron chi connectivity index (χ4n) is 11.9. The van der Waals surface area contributed by atoms with Gasteiger partial charge in [0.05, 0.1) is 12.2 Å². The minimum absolute atomic E-state index is 0.00541. The molecule has 0 bridgehead atoms. The largest absolute Gasteiger partial charge is 0.393 e. The van der Waals surface area contributed by atoms with E-state index in [4.69, 9.17) is 4.74 Å². The maximum atomic E-state index is 13.1. The van der Waals surface area contributed by atoms with E-state index in [9.17, 15) is 19.5 Å². The highest BCUT2D eigenvalue weighted by molar-refractivity contribution is 6.02. The van der Waals surface area contributed by atoms with Crippen molar-refractivity contribution < 1.29 is 24.2 Å². The Kier molecular flexibility index (Phi) is 13.5. The molecule has 52 heavy (non-hydrogen) atoms. The van der Waals surface area contributed by atoms with Crippen LogP contribution in [0.3, 0.4) is 0 Å². The number of carbonyl (C=O) groups excluding carboxylic acids is 3. The van der Waals surface area contributed by atoms with Crippen LogP contribution in [0.2, 0.25) is 0 Å². The van der Waals surface area contributed by atoms with Crippen molar-refractivity contribution >= 4 is 17.7 Å². The Hall–Kier alpha value is -1.81. The average Bonchev–Trinajstić information content (AvgIpc) is 3.49. The number of allylic oxidation sites excluding steroid dienone is 2. The number of nitrogens with one attached hydrogen (secondary N) is 1. The fraction of sp³-hybridized carbons (Fsp3) is 0.884. The first-order chi connectivity index (χ1) is 25.4. The molecule has 0 aromatic carbocycles. The topological polar surface area (TPSA) is 102 Å². The highest BCUT2D eigenvalue weighted by Crippen LogP contribution is 2.46. The summed E-state index contributed by atoms with van der Waals surface area (Å²) >= 11 is 0. The van der Waals surface area contributed by atoms with Crippen molar-refractivity contribution in [3.8, 4) is 0 Å². The molecule has 9 heteroatoms. The molecule has 292 valence electrons. The number of fused-ring (bicyclic) bond motifs is 1. The van der Waals surface area contributed by atoms with Gasteiger partial charge in [0.2, 0.25) is 17.7 Å². The highest BCUT2D eigenvalue weighted by Gasteiger charge is 2.48. The van der Waals surface area contributed by atoms with Crippen LogP contribution in [0.5, 0.6) is 0 Å². The molecule has 0 spiro atoms. The third kappa shape index (κ3) is 9.17. The highest BCUT2D eigenvalue weighted by atomic mass is 16.5. The standard InChI is InChI=1S/C43H70N4O5/c1-2-37(30-8-4-3-5-9-30)41(32-12-16-35(48)17-13-32)31-10-14-34(15-11-31)46-25-23-45(24-26-46)22-6-7-27-52-36-18-19-38-33(28-36)29-47(43(38)51)39-20-21-40(49)44-42(39)50/h30-36,38-39,48H,2-29H2,1H3,(H,44,49,50)/b41-37+. The summed E-state index contributed by atoms with van der Waals surface area (Å²) < 4.78 is 6.36. The molecule has 7 aliphatic rings. The molecule has 4 unspecified atom stereocenters. The Labute approximate surface area is 314 Å². The van der Waals surface area contributed by atoms with E-state index in [0.717, 1.165) is 75.5 Å². The smallest absolute Gasteiger partial charge is 0.249 e. The number of hydrogen-bond acceptors (Lipinski definition) is 7. The first-order valence-corrected chi connectivity index (χ1v) is 22.0. The van der Waals surface area contributed by atoms with Gasteiger partial charge < -0.3 is 19.6 Å². The van der Waals surface area contributed by atoms with E-state index < -0.39 is 6.04 Å². The summed E-state index contributed by atoms with van der Waals surface area (Å²) in [4.78, 5) is 44.4. The molecule has 3 amide bonds. The molecule has 9 nitrogen and oxygen atoms in total. The van der Waals surface area contributed by atoms with Gasteiger partial charge in [0.1, 0.15) is 6.04 Å². The van der Waals surface area contributed by atoms with E-state index in [1.165, 1.54) is 110 Å². The van der Waals surface area contributed by atoms with Crippen LogP contribution in [-0.2, 0) is 19.1 Å². The Morgan fingerprint density at radius 3 is 2.19 bits per heavy atom. The molecule has 3 saturated heterocycles. The van der Waals surface area contributed by atoms with Crippen molar-refractivity contribution in [3.05, 3.63) is 11.1 Å². The zero-order valence-electron chi connectivity index (χ0n) is 32.4. The number of likely N-dealkylation sites (tertiary alicyclic amines) is 1. The molecular weight excluding hydrogens is 652 g/mol. The number of unbranched alkanes of at least 4 members (excludes halogenated alkanes) is 1. The summed E-state index contributed by atoms with van der Waals surface area (Å²) in [6.07, 6.45) is 24.0. The Morgan fingerprint density at radius 2 is 1.50 bits per heavy atom. The van der Waals surface area contributed by atoms with Crippen molar-refractivity contribution in [2.24, 2.45) is 29.6 Å². The number of amides is 3. The van der Waals surface area contributed by atoms with Crippen LogP contribution >= 0.6 is 0 Å². The number of carbonyl (C=O) groups is 3. The van der Waals surface area contributed by atoms with Gasteiger partial charge in [-0.05, 0) is 139 Å². The first-order valence-electron chi connectivity index (χ1n) is 22.0. The molecule has 0 radical (unpaired) electrons.